The van der Waals surface area contributed by atoms with Gasteiger partial charge in [0.25, 0.3) is 5.91 Å². The van der Waals surface area contributed by atoms with Crippen molar-refractivity contribution in [2.75, 3.05) is 10.6 Å². The summed E-state index contributed by atoms with van der Waals surface area (Å²) in [4.78, 5) is 21.0. The second-order valence-corrected chi connectivity index (χ2v) is 6.91. The standard InChI is InChI=1S/C23H16ClFN4O/c24-18-7-9-20(10-8-18)28-22(30)16-4-2-6-21(12-16)29-23-26-13-17(14-27-23)15-3-1-5-19(25)11-15/h1-14H,(H,28,30)(H,26,27,29). The van der Waals surface area contributed by atoms with Gasteiger partial charge in [-0.2, -0.15) is 0 Å². The fourth-order valence-corrected chi connectivity index (χ4v) is 2.94. The molecule has 5 nitrogen and oxygen atoms in total. The SMILES string of the molecule is O=C(Nc1ccc(Cl)cc1)c1cccc(Nc2ncc(-c3cccc(F)c3)cn2)c1. The summed E-state index contributed by atoms with van der Waals surface area (Å²) in [6.07, 6.45) is 3.22. The number of rotatable bonds is 5. The van der Waals surface area contributed by atoms with E-state index in [1.54, 1.807) is 67.0 Å². The van der Waals surface area contributed by atoms with Gasteiger partial charge in [-0.1, -0.05) is 29.8 Å². The zero-order valence-electron chi connectivity index (χ0n) is 15.6. The maximum atomic E-state index is 13.4. The maximum absolute atomic E-state index is 13.4. The molecular formula is C23H16ClFN4O. The van der Waals surface area contributed by atoms with Crippen LogP contribution in [-0.4, -0.2) is 15.9 Å². The van der Waals surface area contributed by atoms with Gasteiger partial charge in [0.1, 0.15) is 5.82 Å². The van der Waals surface area contributed by atoms with Crippen molar-refractivity contribution < 1.29 is 9.18 Å². The second-order valence-electron chi connectivity index (χ2n) is 6.47. The van der Waals surface area contributed by atoms with Gasteiger partial charge in [0.2, 0.25) is 5.95 Å². The molecule has 0 atom stereocenters. The molecule has 0 unspecified atom stereocenters. The molecule has 2 N–H and O–H groups in total. The van der Waals surface area contributed by atoms with E-state index in [0.717, 1.165) is 0 Å². The number of carbonyl (C=O) groups excluding carboxylic acids is 1. The molecule has 0 fully saturated rings. The molecule has 0 aliphatic carbocycles. The smallest absolute Gasteiger partial charge is 0.255 e. The predicted octanol–water partition coefficient (Wildman–Crippen LogP) is 5.93. The highest BCUT2D eigenvalue weighted by atomic mass is 35.5. The van der Waals surface area contributed by atoms with Crippen LogP contribution in [0.2, 0.25) is 5.02 Å². The van der Waals surface area contributed by atoms with Crippen molar-refractivity contribution in [2.24, 2.45) is 0 Å². The highest BCUT2D eigenvalue weighted by Crippen LogP contribution is 2.21. The van der Waals surface area contributed by atoms with E-state index in [2.05, 4.69) is 20.6 Å². The lowest BCUT2D eigenvalue weighted by Gasteiger charge is -2.09. The van der Waals surface area contributed by atoms with Gasteiger partial charge in [-0.15, -0.1) is 0 Å². The normalized spacial score (nSPS) is 10.5. The molecule has 3 aromatic carbocycles. The van der Waals surface area contributed by atoms with Crippen LogP contribution in [0.1, 0.15) is 10.4 Å². The third-order valence-corrected chi connectivity index (χ3v) is 4.54. The summed E-state index contributed by atoms with van der Waals surface area (Å²) in [6.45, 7) is 0. The fourth-order valence-electron chi connectivity index (χ4n) is 2.81. The summed E-state index contributed by atoms with van der Waals surface area (Å²) in [5, 5.41) is 6.49. The quantitative estimate of drug-likeness (QED) is 0.421. The minimum Gasteiger partial charge on any atom is -0.324 e. The number of carbonyl (C=O) groups is 1. The number of benzene rings is 3. The Balaban J connectivity index is 1.46. The Bertz CT molecular complexity index is 1180. The number of amides is 1. The molecule has 0 bridgehead atoms. The van der Waals surface area contributed by atoms with Gasteiger partial charge in [0.15, 0.2) is 0 Å². The van der Waals surface area contributed by atoms with Crippen LogP contribution in [0.15, 0.2) is 85.2 Å². The number of aromatic nitrogens is 2. The minimum atomic E-state index is -0.316. The molecule has 4 aromatic rings. The first-order valence-electron chi connectivity index (χ1n) is 9.09. The molecule has 148 valence electrons. The van der Waals surface area contributed by atoms with Crippen molar-refractivity contribution in [1.29, 1.82) is 0 Å². The molecule has 4 rings (SSSR count). The Morgan fingerprint density at radius 3 is 2.30 bits per heavy atom. The Labute approximate surface area is 177 Å². The van der Waals surface area contributed by atoms with Crippen molar-refractivity contribution in [3.8, 4) is 11.1 Å². The monoisotopic (exact) mass is 418 g/mol. The van der Waals surface area contributed by atoms with Gasteiger partial charge >= 0.3 is 0 Å². The van der Waals surface area contributed by atoms with E-state index >= 15 is 0 Å². The van der Waals surface area contributed by atoms with E-state index in [9.17, 15) is 9.18 Å². The number of hydrogen-bond donors (Lipinski definition) is 2. The van der Waals surface area contributed by atoms with Crippen LogP contribution in [0.4, 0.5) is 21.7 Å². The lowest BCUT2D eigenvalue weighted by atomic mass is 10.1. The highest BCUT2D eigenvalue weighted by molar-refractivity contribution is 6.30. The van der Waals surface area contributed by atoms with Gasteiger partial charge in [-0.05, 0) is 60.2 Å². The van der Waals surface area contributed by atoms with Crippen LogP contribution in [0.5, 0.6) is 0 Å². The van der Waals surface area contributed by atoms with E-state index in [1.807, 2.05) is 6.07 Å². The van der Waals surface area contributed by atoms with Crippen molar-refractivity contribution in [3.63, 3.8) is 0 Å². The number of anilines is 3. The number of nitrogens with one attached hydrogen (secondary N) is 2. The van der Waals surface area contributed by atoms with Crippen LogP contribution < -0.4 is 10.6 Å². The maximum Gasteiger partial charge on any atom is 0.255 e. The van der Waals surface area contributed by atoms with Crippen LogP contribution >= 0.6 is 11.6 Å². The molecule has 1 amide bonds. The zero-order chi connectivity index (χ0) is 20.9. The molecule has 7 heteroatoms. The minimum absolute atomic E-state index is 0.247. The highest BCUT2D eigenvalue weighted by Gasteiger charge is 2.08. The molecular weight excluding hydrogens is 403 g/mol. The number of halogens is 2. The van der Waals surface area contributed by atoms with Gasteiger partial charge < -0.3 is 10.6 Å². The van der Waals surface area contributed by atoms with Gasteiger partial charge in [0, 0.05) is 39.9 Å². The molecule has 0 radical (unpaired) electrons. The van der Waals surface area contributed by atoms with Crippen LogP contribution in [0, 0.1) is 5.82 Å². The van der Waals surface area contributed by atoms with Gasteiger partial charge in [0.05, 0.1) is 0 Å². The summed E-state index contributed by atoms with van der Waals surface area (Å²) < 4.78 is 13.4. The lowest BCUT2D eigenvalue weighted by Crippen LogP contribution is -2.12. The first-order valence-corrected chi connectivity index (χ1v) is 9.47. The first kappa shape index (κ1) is 19.5. The largest absolute Gasteiger partial charge is 0.324 e. The molecule has 1 aromatic heterocycles. The Morgan fingerprint density at radius 2 is 1.57 bits per heavy atom. The number of hydrogen-bond acceptors (Lipinski definition) is 4. The number of nitrogens with zero attached hydrogens (tertiary/aromatic N) is 2. The third kappa shape index (κ3) is 4.79. The molecule has 30 heavy (non-hydrogen) atoms. The Kier molecular flexibility index (Phi) is 5.68. The molecule has 0 saturated carbocycles. The average molecular weight is 419 g/mol. The van der Waals surface area contributed by atoms with Gasteiger partial charge in [-0.3, -0.25) is 4.79 Å². The third-order valence-electron chi connectivity index (χ3n) is 4.29. The van der Waals surface area contributed by atoms with Crippen LogP contribution in [0.3, 0.4) is 0 Å². The van der Waals surface area contributed by atoms with Crippen molar-refractivity contribution >= 4 is 34.8 Å². The second kappa shape index (κ2) is 8.71. The lowest BCUT2D eigenvalue weighted by molar-refractivity contribution is 0.102. The zero-order valence-corrected chi connectivity index (χ0v) is 16.4. The van der Waals surface area contributed by atoms with Crippen molar-refractivity contribution in [3.05, 3.63) is 102 Å². The summed E-state index contributed by atoms with van der Waals surface area (Å²) in [7, 11) is 0. The fraction of sp³-hybridized carbons (Fsp3) is 0. The summed E-state index contributed by atoms with van der Waals surface area (Å²) >= 11 is 5.86. The first-order chi connectivity index (χ1) is 14.6. The Hall–Kier alpha value is -3.77. The Morgan fingerprint density at radius 1 is 0.833 bits per heavy atom. The molecule has 0 aliphatic heterocycles. The molecule has 0 aliphatic rings. The topological polar surface area (TPSA) is 66.9 Å². The van der Waals surface area contributed by atoms with E-state index in [1.165, 1.54) is 12.1 Å². The van der Waals surface area contributed by atoms with E-state index in [4.69, 9.17) is 11.6 Å². The molecule has 0 spiro atoms. The van der Waals surface area contributed by atoms with Crippen molar-refractivity contribution in [2.45, 2.75) is 0 Å². The predicted molar refractivity (Wildman–Crippen MR) is 117 cm³/mol. The molecule has 0 saturated heterocycles. The van der Waals surface area contributed by atoms with E-state index in [0.29, 0.717) is 39.0 Å². The van der Waals surface area contributed by atoms with Gasteiger partial charge in [-0.25, -0.2) is 14.4 Å². The van der Waals surface area contributed by atoms with E-state index in [-0.39, 0.29) is 11.7 Å². The average Bonchev–Trinajstić information content (AvgIpc) is 2.76. The van der Waals surface area contributed by atoms with Crippen molar-refractivity contribution in [1.82, 2.24) is 9.97 Å². The molecule has 1 heterocycles. The summed E-state index contributed by atoms with van der Waals surface area (Å²) in [6, 6.07) is 20.1. The summed E-state index contributed by atoms with van der Waals surface area (Å²) in [5.41, 5.74) is 3.20. The van der Waals surface area contributed by atoms with E-state index < -0.39 is 0 Å². The van der Waals surface area contributed by atoms with Crippen LogP contribution in [0.25, 0.3) is 11.1 Å². The summed E-state index contributed by atoms with van der Waals surface area (Å²) in [5.74, 6) is -0.197. The van der Waals surface area contributed by atoms with Crippen LogP contribution in [-0.2, 0) is 0 Å².